The Kier molecular flexibility index (Phi) is 4.27. The van der Waals surface area contributed by atoms with E-state index >= 15 is 0 Å². The molecule has 2 rings (SSSR count). The number of benzene rings is 1. The van der Waals surface area contributed by atoms with Gasteiger partial charge >= 0.3 is 15.6 Å². The first-order valence-electron chi connectivity index (χ1n) is 6.40. The van der Waals surface area contributed by atoms with Crippen molar-refractivity contribution < 1.29 is 25.8 Å². The predicted molar refractivity (Wildman–Crippen MR) is 67.9 cm³/mol. The number of hydrogen-bond donors (Lipinski definition) is 0. The molecule has 0 saturated heterocycles. The summed E-state index contributed by atoms with van der Waals surface area (Å²) in [4.78, 5) is 0. The summed E-state index contributed by atoms with van der Waals surface area (Å²) in [7, 11) is -5.60. The van der Waals surface area contributed by atoms with Gasteiger partial charge in [-0.1, -0.05) is 31.4 Å². The minimum atomic E-state index is -5.60. The molecular weight excluding hydrogens is 293 g/mol. The van der Waals surface area contributed by atoms with Gasteiger partial charge in [0.25, 0.3) is 0 Å². The van der Waals surface area contributed by atoms with Crippen LogP contribution in [0.3, 0.4) is 0 Å². The van der Waals surface area contributed by atoms with E-state index in [1.165, 1.54) is 18.2 Å². The second-order valence-corrected chi connectivity index (χ2v) is 6.43. The SMILES string of the molecule is O=S(=O)(Oc1cccc(C2CCCCC2)c1)C(F)(F)F. The van der Waals surface area contributed by atoms with Gasteiger partial charge in [-0.2, -0.15) is 21.6 Å². The summed E-state index contributed by atoms with van der Waals surface area (Å²) in [5.41, 5.74) is -4.58. The molecule has 1 saturated carbocycles. The van der Waals surface area contributed by atoms with E-state index in [4.69, 9.17) is 0 Å². The van der Waals surface area contributed by atoms with Crippen molar-refractivity contribution in [2.75, 3.05) is 0 Å². The van der Waals surface area contributed by atoms with Gasteiger partial charge in [0.05, 0.1) is 0 Å². The van der Waals surface area contributed by atoms with Crippen molar-refractivity contribution in [3.8, 4) is 5.75 Å². The molecule has 0 amide bonds. The smallest absolute Gasteiger partial charge is 0.376 e. The zero-order valence-electron chi connectivity index (χ0n) is 10.7. The summed E-state index contributed by atoms with van der Waals surface area (Å²) < 4.78 is 62.9. The molecule has 1 fully saturated rings. The van der Waals surface area contributed by atoms with Crippen molar-refractivity contribution in [1.82, 2.24) is 0 Å². The molecule has 0 aromatic heterocycles. The Balaban J connectivity index is 2.18. The van der Waals surface area contributed by atoms with Crippen LogP contribution in [0.25, 0.3) is 0 Å². The lowest BCUT2D eigenvalue weighted by Crippen LogP contribution is -2.28. The van der Waals surface area contributed by atoms with Gasteiger partial charge in [0.2, 0.25) is 0 Å². The number of rotatable bonds is 3. The van der Waals surface area contributed by atoms with E-state index in [2.05, 4.69) is 4.18 Å². The molecule has 0 N–H and O–H groups in total. The maximum Gasteiger partial charge on any atom is 0.534 e. The zero-order valence-corrected chi connectivity index (χ0v) is 11.5. The highest BCUT2D eigenvalue weighted by Crippen LogP contribution is 2.35. The van der Waals surface area contributed by atoms with Crippen LogP contribution in [0.2, 0.25) is 0 Å². The molecule has 0 bridgehead atoms. The Labute approximate surface area is 115 Å². The van der Waals surface area contributed by atoms with Crippen molar-refractivity contribution in [2.24, 2.45) is 0 Å². The summed E-state index contributed by atoms with van der Waals surface area (Å²) in [5, 5.41) is 0. The first-order chi connectivity index (χ1) is 9.29. The maximum atomic E-state index is 12.3. The third-order valence-corrected chi connectivity index (χ3v) is 4.40. The molecule has 0 aliphatic heterocycles. The van der Waals surface area contributed by atoms with Crippen LogP contribution in [-0.2, 0) is 10.1 Å². The molecule has 7 heteroatoms. The highest BCUT2D eigenvalue weighted by atomic mass is 32.2. The summed E-state index contributed by atoms with van der Waals surface area (Å²) in [6.07, 6.45) is 5.26. The van der Waals surface area contributed by atoms with Crippen LogP contribution >= 0.6 is 0 Å². The van der Waals surface area contributed by atoms with Crippen LogP contribution < -0.4 is 4.18 Å². The lowest BCUT2D eigenvalue weighted by Gasteiger charge is -2.22. The first-order valence-corrected chi connectivity index (χ1v) is 7.81. The van der Waals surface area contributed by atoms with Gasteiger partial charge < -0.3 is 4.18 Å². The second kappa shape index (κ2) is 5.63. The molecule has 3 nitrogen and oxygen atoms in total. The fraction of sp³-hybridized carbons (Fsp3) is 0.538. The van der Waals surface area contributed by atoms with E-state index in [1.54, 1.807) is 6.07 Å². The molecule has 20 heavy (non-hydrogen) atoms. The zero-order chi connectivity index (χ0) is 14.8. The average molecular weight is 308 g/mol. The summed E-state index contributed by atoms with van der Waals surface area (Å²) in [6.45, 7) is 0. The predicted octanol–water partition coefficient (Wildman–Crippen LogP) is 3.96. The minimum absolute atomic E-state index is 0.265. The molecular formula is C13H15F3O3S. The molecule has 1 aromatic carbocycles. The standard InChI is InChI=1S/C13H15F3O3S/c14-13(15,16)20(17,18)19-12-8-4-7-11(9-12)10-5-2-1-3-6-10/h4,7-10H,1-3,5-6H2. The van der Waals surface area contributed by atoms with Gasteiger partial charge in [0, 0.05) is 0 Å². The first kappa shape index (κ1) is 15.2. The van der Waals surface area contributed by atoms with E-state index in [0.717, 1.165) is 37.7 Å². The van der Waals surface area contributed by atoms with Crippen LogP contribution in [0, 0.1) is 0 Å². The topological polar surface area (TPSA) is 43.4 Å². The van der Waals surface area contributed by atoms with Gasteiger partial charge in [-0.25, -0.2) is 0 Å². The Hall–Kier alpha value is -1.24. The normalized spacial score (nSPS) is 17.9. The van der Waals surface area contributed by atoms with Crippen molar-refractivity contribution in [1.29, 1.82) is 0 Å². The van der Waals surface area contributed by atoms with E-state index in [0.29, 0.717) is 0 Å². The van der Waals surface area contributed by atoms with E-state index in [1.807, 2.05) is 0 Å². The highest BCUT2D eigenvalue weighted by molar-refractivity contribution is 7.87. The van der Waals surface area contributed by atoms with Gasteiger partial charge in [-0.05, 0) is 36.5 Å². The lowest BCUT2D eigenvalue weighted by atomic mass is 9.84. The molecule has 0 radical (unpaired) electrons. The third-order valence-electron chi connectivity index (χ3n) is 3.42. The highest BCUT2D eigenvalue weighted by Gasteiger charge is 2.48. The lowest BCUT2D eigenvalue weighted by molar-refractivity contribution is -0.0500. The Morgan fingerprint density at radius 1 is 1.10 bits per heavy atom. The van der Waals surface area contributed by atoms with Crippen LogP contribution in [0.1, 0.15) is 43.6 Å². The molecule has 1 aromatic rings. The van der Waals surface area contributed by atoms with Gasteiger partial charge in [0.15, 0.2) is 0 Å². The van der Waals surface area contributed by atoms with Crippen molar-refractivity contribution in [3.05, 3.63) is 29.8 Å². The largest absolute Gasteiger partial charge is 0.534 e. The summed E-state index contributed by atoms with van der Waals surface area (Å²) >= 11 is 0. The maximum absolute atomic E-state index is 12.3. The van der Waals surface area contributed by atoms with Gasteiger partial charge in [-0.3, -0.25) is 0 Å². The Morgan fingerprint density at radius 3 is 2.35 bits per heavy atom. The van der Waals surface area contributed by atoms with E-state index in [-0.39, 0.29) is 11.7 Å². The van der Waals surface area contributed by atoms with E-state index < -0.39 is 15.6 Å². The average Bonchev–Trinajstić information content (AvgIpc) is 2.38. The third kappa shape index (κ3) is 3.45. The van der Waals surface area contributed by atoms with Crippen LogP contribution in [0.15, 0.2) is 24.3 Å². The Morgan fingerprint density at radius 2 is 1.75 bits per heavy atom. The fourth-order valence-electron chi connectivity index (χ4n) is 2.43. The van der Waals surface area contributed by atoms with Crippen LogP contribution in [0.4, 0.5) is 13.2 Å². The molecule has 0 atom stereocenters. The summed E-state index contributed by atoms with van der Waals surface area (Å²) in [6, 6.07) is 5.92. The Bertz CT molecular complexity index is 560. The van der Waals surface area contributed by atoms with Gasteiger partial charge in [-0.15, -0.1) is 0 Å². The molecule has 0 unspecified atom stereocenters. The number of halogens is 3. The van der Waals surface area contributed by atoms with E-state index in [9.17, 15) is 21.6 Å². The number of alkyl halides is 3. The molecule has 0 spiro atoms. The van der Waals surface area contributed by atoms with Gasteiger partial charge in [0.1, 0.15) is 5.75 Å². The molecule has 1 aliphatic carbocycles. The molecule has 1 aliphatic rings. The summed E-state index contributed by atoms with van der Waals surface area (Å²) in [5.74, 6) is -0.0220. The minimum Gasteiger partial charge on any atom is -0.376 e. The van der Waals surface area contributed by atoms with Crippen molar-refractivity contribution in [2.45, 2.75) is 43.5 Å². The quantitative estimate of drug-likeness (QED) is 0.627. The van der Waals surface area contributed by atoms with Crippen molar-refractivity contribution in [3.63, 3.8) is 0 Å². The molecule has 112 valence electrons. The van der Waals surface area contributed by atoms with Crippen molar-refractivity contribution >= 4 is 10.1 Å². The second-order valence-electron chi connectivity index (χ2n) is 4.89. The number of hydrogen-bond acceptors (Lipinski definition) is 3. The fourth-order valence-corrected chi connectivity index (χ4v) is 2.88. The monoisotopic (exact) mass is 308 g/mol. The van der Waals surface area contributed by atoms with Crippen LogP contribution in [-0.4, -0.2) is 13.9 Å². The van der Waals surface area contributed by atoms with Crippen LogP contribution in [0.5, 0.6) is 5.75 Å². The molecule has 0 heterocycles.